The molecular formula is C17H27IN4O. The average Bonchev–Trinajstić information content (AvgIpc) is 3.28. The summed E-state index contributed by atoms with van der Waals surface area (Å²) >= 11 is 0. The fourth-order valence-corrected chi connectivity index (χ4v) is 2.96. The van der Waals surface area contributed by atoms with E-state index in [-0.39, 0.29) is 24.0 Å². The minimum atomic E-state index is 0. The second-order valence-electron chi connectivity index (χ2n) is 6.18. The van der Waals surface area contributed by atoms with E-state index in [2.05, 4.69) is 39.2 Å². The molecule has 1 aliphatic carbocycles. The molecule has 1 heterocycles. The Morgan fingerprint density at radius 2 is 1.78 bits per heavy atom. The first-order chi connectivity index (χ1) is 10.7. The molecular weight excluding hydrogens is 403 g/mol. The molecule has 1 aromatic rings. The molecule has 2 atom stereocenters. The van der Waals surface area contributed by atoms with Gasteiger partial charge in [0.2, 0.25) is 0 Å². The van der Waals surface area contributed by atoms with Gasteiger partial charge in [0.15, 0.2) is 5.96 Å². The van der Waals surface area contributed by atoms with Gasteiger partial charge in [0.1, 0.15) is 5.75 Å². The summed E-state index contributed by atoms with van der Waals surface area (Å²) < 4.78 is 5.22. The van der Waals surface area contributed by atoms with Gasteiger partial charge in [0.05, 0.1) is 7.11 Å². The molecule has 0 aromatic heterocycles. The van der Waals surface area contributed by atoms with Gasteiger partial charge in [-0.2, -0.15) is 0 Å². The highest BCUT2D eigenvalue weighted by atomic mass is 127. The van der Waals surface area contributed by atoms with Crippen LogP contribution in [0.25, 0.3) is 0 Å². The van der Waals surface area contributed by atoms with Crippen LogP contribution < -0.4 is 15.0 Å². The fraction of sp³-hybridized carbons (Fsp3) is 0.588. The average molecular weight is 430 g/mol. The Hall–Kier alpha value is -1.18. The molecule has 1 aromatic carbocycles. The maximum absolute atomic E-state index is 5.22. The van der Waals surface area contributed by atoms with Crippen LogP contribution in [0.1, 0.15) is 13.3 Å². The molecule has 1 saturated heterocycles. The van der Waals surface area contributed by atoms with E-state index in [1.807, 2.05) is 19.2 Å². The van der Waals surface area contributed by atoms with Gasteiger partial charge in [0, 0.05) is 45.0 Å². The predicted molar refractivity (Wildman–Crippen MR) is 106 cm³/mol. The van der Waals surface area contributed by atoms with Crippen LogP contribution in [-0.2, 0) is 0 Å². The van der Waals surface area contributed by atoms with E-state index in [4.69, 9.17) is 4.74 Å². The summed E-state index contributed by atoms with van der Waals surface area (Å²) in [5.41, 5.74) is 1.26. The summed E-state index contributed by atoms with van der Waals surface area (Å²) in [4.78, 5) is 9.23. The Labute approximate surface area is 156 Å². The van der Waals surface area contributed by atoms with Crippen LogP contribution in [-0.4, -0.2) is 57.2 Å². The first kappa shape index (κ1) is 18.2. The van der Waals surface area contributed by atoms with Crippen LogP contribution in [0.3, 0.4) is 0 Å². The first-order valence-electron chi connectivity index (χ1n) is 8.08. The zero-order valence-electron chi connectivity index (χ0n) is 14.2. The van der Waals surface area contributed by atoms with Crippen molar-refractivity contribution in [3.05, 3.63) is 24.3 Å². The number of methoxy groups -OCH3 is 1. The summed E-state index contributed by atoms with van der Waals surface area (Å²) in [5, 5.41) is 3.57. The molecule has 5 nitrogen and oxygen atoms in total. The molecule has 6 heteroatoms. The molecule has 23 heavy (non-hydrogen) atoms. The van der Waals surface area contributed by atoms with Gasteiger partial charge in [-0.15, -0.1) is 24.0 Å². The van der Waals surface area contributed by atoms with Crippen molar-refractivity contribution in [2.45, 2.75) is 19.4 Å². The van der Waals surface area contributed by atoms with E-state index in [1.165, 1.54) is 12.1 Å². The molecule has 0 spiro atoms. The molecule has 1 aliphatic heterocycles. The molecule has 0 bridgehead atoms. The number of benzene rings is 1. The molecule has 0 radical (unpaired) electrons. The van der Waals surface area contributed by atoms with Crippen molar-refractivity contribution in [2.75, 3.05) is 45.2 Å². The number of hydrogen-bond acceptors (Lipinski definition) is 3. The summed E-state index contributed by atoms with van der Waals surface area (Å²) in [6, 6.07) is 8.94. The highest BCUT2D eigenvalue weighted by Gasteiger charge is 2.34. The van der Waals surface area contributed by atoms with Gasteiger partial charge in [-0.25, -0.2) is 0 Å². The van der Waals surface area contributed by atoms with Crippen molar-refractivity contribution in [3.8, 4) is 5.75 Å². The van der Waals surface area contributed by atoms with Crippen LogP contribution in [0.5, 0.6) is 5.75 Å². The van der Waals surface area contributed by atoms with Crippen molar-refractivity contribution >= 4 is 35.6 Å². The van der Waals surface area contributed by atoms with Crippen molar-refractivity contribution in [3.63, 3.8) is 0 Å². The van der Waals surface area contributed by atoms with E-state index in [0.29, 0.717) is 6.04 Å². The topological polar surface area (TPSA) is 40.1 Å². The summed E-state index contributed by atoms with van der Waals surface area (Å²) in [6.07, 6.45) is 1.27. The Balaban J connectivity index is 0.00000192. The SMILES string of the molecule is CN=C(NC1CC1C)N1CCN(c2ccc(OC)cc2)CC1.I. The van der Waals surface area contributed by atoms with E-state index in [1.54, 1.807) is 7.11 Å². The van der Waals surface area contributed by atoms with Gasteiger partial charge in [-0.1, -0.05) is 6.92 Å². The van der Waals surface area contributed by atoms with Crippen molar-refractivity contribution < 1.29 is 4.74 Å². The number of nitrogens with one attached hydrogen (secondary N) is 1. The monoisotopic (exact) mass is 430 g/mol. The third-order valence-corrected chi connectivity index (χ3v) is 4.65. The normalized spacial score (nSPS) is 24.0. The van der Waals surface area contributed by atoms with Crippen LogP contribution in [0.4, 0.5) is 5.69 Å². The van der Waals surface area contributed by atoms with E-state index < -0.39 is 0 Å². The number of aliphatic imine (C=N–C) groups is 1. The summed E-state index contributed by atoms with van der Waals surface area (Å²) in [7, 11) is 3.58. The lowest BCUT2D eigenvalue weighted by atomic mass is 10.2. The lowest BCUT2D eigenvalue weighted by molar-refractivity contribution is 0.371. The Morgan fingerprint density at radius 3 is 2.26 bits per heavy atom. The largest absolute Gasteiger partial charge is 0.497 e. The highest BCUT2D eigenvalue weighted by molar-refractivity contribution is 14.0. The third-order valence-electron chi connectivity index (χ3n) is 4.65. The standard InChI is InChI=1S/C17H26N4O.HI/c1-13-12-16(13)19-17(18-2)21-10-8-20(9-11-21)14-4-6-15(22-3)7-5-14;/h4-7,13,16H,8-12H2,1-3H3,(H,18,19);1H. The van der Waals surface area contributed by atoms with Crippen molar-refractivity contribution in [1.29, 1.82) is 0 Å². The maximum Gasteiger partial charge on any atom is 0.193 e. The highest BCUT2D eigenvalue weighted by Crippen LogP contribution is 2.29. The van der Waals surface area contributed by atoms with Crippen LogP contribution in [0, 0.1) is 5.92 Å². The van der Waals surface area contributed by atoms with Crippen molar-refractivity contribution in [1.82, 2.24) is 10.2 Å². The van der Waals surface area contributed by atoms with Crippen molar-refractivity contribution in [2.24, 2.45) is 10.9 Å². The number of rotatable bonds is 3. The van der Waals surface area contributed by atoms with Gasteiger partial charge in [-0.05, 0) is 36.6 Å². The molecule has 1 saturated carbocycles. The lowest BCUT2D eigenvalue weighted by Gasteiger charge is -2.37. The predicted octanol–water partition coefficient (Wildman–Crippen LogP) is 2.42. The second kappa shape index (κ2) is 8.08. The number of halogens is 1. The van der Waals surface area contributed by atoms with Gasteiger partial charge >= 0.3 is 0 Å². The minimum Gasteiger partial charge on any atom is -0.497 e. The first-order valence-corrected chi connectivity index (χ1v) is 8.08. The summed E-state index contributed by atoms with van der Waals surface area (Å²) in [6.45, 7) is 6.34. The molecule has 2 unspecified atom stereocenters. The zero-order chi connectivity index (χ0) is 15.5. The van der Waals surface area contributed by atoms with E-state index >= 15 is 0 Å². The Bertz CT molecular complexity index is 526. The Morgan fingerprint density at radius 1 is 1.17 bits per heavy atom. The Kier molecular flexibility index (Phi) is 6.38. The number of guanidine groups is 1. The quantitative estimate of drug-likeness (QED) is 0.455. The number of piperazine rings is 1. The second-order valence-corrected chi connectivity index (χ2v) is 6.18. The number of anilines is 1. The van der Waals surface area contributed by atoms with E-state index in [0.717, 1.165) is 43.8 Å². The molecule has 2 aliphatic rings. The molecule has 0 amide bonds. The van der Waals surface area contributed by atoms with Gasteiger partial charge in [0.25, 0.3) is 0 Å². The molecule has 3 rings (SSSR count). The number of ether oxygens (including phenoxy) is 1. The number of nitrogens with zero attached hydrogens (tertiary/aromatic N) is 3. The van der Waals surface area contributed by atoms with Crippen LogP contribution in [0.2, 0.25) is 0 Å². The van der Waals surface area contributed by atoms with Gasteiger partial charge in [-0.3, -0.25) is 4.99 Å². The van der Waals surface area contributed by atoms with Crippen LogP contribution in [0.15, 0.2) is 29.3 Å². The lowest BCUT2D eigenvalue weighted by Crippen LogP contribution is -2.53. The fourth-order valence-electron chi connectivity index (χ4n) is 2.96. The number of hydrogen-bond donors (Lipinski definition) is 1. The zero-order valence-corrected chi connectivity index (χ0v) is 16.5. The molecule has 1 N–H and O–H groups in total. The van der Waals surface area contributed by atoms with E-state index in [9.17, 15) is 0 Å². The maximum atomic E-state index is 5.22. The molecule has 128 valence electrons. The third kappa shape index (κ3) is 4.43. The minimum absolute atomic E-state index is 0. The van der Waals surface area contributed by atoms with Crippen LogP contribution >= 0.6 is 24.0 Å². The smallest absolute Gasteiger partial charge is 0.193 e. The molecule has 2 fully saturated rings. The summed E-state index contributed by atoms with van der Waals surface area (Å²) in [5.74, 6) is 2.76. The van der Waals surface area contributed by atoms with Gasteiger partial charge < -0.3 is 19.9 Å².